The van der Waals surface area contributed by atoms with Crippen molar-refractivity contribution in [2.75, 3.05) is 0 Å². The molecule has 0 spiro atoms. The number of halogens is 2. The van der Waals surface area contributed by atoms with Crippen molar-refractivity contribution in [3.8, 4) is 10.8 Å². The first-order valence-electron chi connectivity index (χ1n) is 8.52. The van der Waals surface area contributed by atoms with E-state index in [1.807, 2.05) is 23.6 Å². The van der Waals surface area contributed by atoms with Gasteiger partial charge >= 0.3 is 0 Å². The van der Waals surface area contributed by atoms with E-state index in [0.29, 0.717) is 22.2 Å². The van der Waals surface area contributed by atoms with Crippen LogP contribution in [0.5, 0.6) is 10.8 Å². The van der Waals surface area contributed by atoms with E-state index in [1.54, 1.807) is 6.08 Å². The lowest BCUT2D eigenvalue weighted by molar-refractivity contribution is -0.115. The smallest absolute Gasteiger partial charge is 0.180 e. The summed E-state index contributed by atoms with van der Waals surface area (Å²) in [5.41, 5.74) is 3.18. The van der Waals surface area contributed by atoms with Crippen molar-refractivity contribution in [3.63, 3.8) is 0 Å². The number of carbonyl (C=O) groups excluding carboxylic acids is 1. The van der Waals surface area contributed by atoms with E-state index in [0.717, 1.165) is 47.4 Å². The van der Waals surface area contributed by atoms with Gasteiger partial charge in [-0.3, -0.25) is 4.79 Å². The number of ketones is 1. The molecular weight excluding hydrogens is 375 g/mol. The number of fused-ring (bicyclic) bond motifs is 3. The Labute approximate surface area is 161 Å². The van der Waals surface area contributed by atoms with Crippen LogP contribution in [0, 0.1) is 5.41 Å². The normalized spacial score (nSPS) is 21.7. The van der Waals surface area contributed by atoms with Crippen molar-refractivity contribution in [1.82, 2.24) is 0 Å². The molecule has 2 aliphatic rings. The zero-order valence-corrected chi connectivity index (χ0v) is 16.2. The maximum atomic E-state index is 12.1. The first-order valence-corrected chi connectivity index (χ1v) is 10.2. The summed E-state index contributed by atoms with van der Waals surface area (Å²) in [5, 5.41) is 3.66. The van der Waals surface area contributed by atoms with Crippen LogP contribution in [-0.4, -0.2) is 5.78 Å². The van der Waals surface area contributed by atoms with Crippen molar-refractivity contribution < 1.29 is 9.53 Å². The van der Waals surface area contributed by atoms with Crippen LogP contribution in [0.2, 0.25) is 10.0 Å². The summed E-state index contributed by atoms with van der Waals surface area (Å²) in [4.78, 5) is 12.1. The summed E-state index contributed by atoms with van der Waals surface area (Å²) in [6.07, 6.45) is 6.32. The lowest BCUT2D eigenvalue weighted by atomic mass is 9.70. The maximum Gasteiger partial charge on any atom is 0.180 e. The number of rotatable bonds is 4. The molecule has 130 valence electrons. The third-order valence-corrected chi connectivity index (χ3v) is 6.81. The Balaban J connectivity index is 1.83. The van der Waals surface area contributed by atoms with Crippen LogP contribution < -0.4 is 4.74 Å². The van der Waals surface area contributed by atoms with E-state index in [-0.39, 0.29) is 11.2 Å². The molecule has 1 aromatic carbocycles. The summed E-state index contributed by atoms with van der Waals surface area (Å²) >= 11 is 14.7. The molecule has 1 heterocycles. The van der Waals surface area contributed by atoms with Gasteiger partial charge in [-0.25, -0.2) is 0 Å². The molecule has 25 heavy (non-hydrogen) atoms. The minimum atomic E-state index is 0.0134. The van der Waals surface area contributed by atoms with Crippen molar-refractivity contribution in [1.29, 1.82) is 0 Å². The van der Waals surface area contributed by atoms with Gasteiger partial charge < -0.3 is 4.74 Å². The topological polar surface area (TPSA) is 26.3 Å². The molecular formula is C20H18Cl2O2S. The molecule has 0 amide bonds. The SMILES string of the molecule is CCCC12CCC(=O)C=C1c1c(cc(Oc3cccs3)c(Cl)c1Cl)C2. The zero-order chi connectivity index (χ0) is 17.6. The van der Waals surface area contributed by atoms with Crippen molar-refractivity contribution in [3.05, 3.63) is 50.8 Å². The lowest BCUT2D eigenvalue weighted by Crippen LogP contribution is -2.25. The van der Waals surface area contributed by atoms with E-state index in [9.17, 15) is 4.79 Å². The second-order valence-electron chi connectivity index (χ2n) is 6.80. The van der Waals surface area contributed by atoms with Gasteiger partial charge in [0.25, 0.3) is 0 Å². The van der Waals surface area contributed by atoms with Crippen molar-refractivity contribution in [2.24, 2.45) is 5.41 Å². The Morgan fingerprint density at radius 3 is 2.88 bits per heavy atom. The Bertz CT molecular complexity index is 870. The lowest BCUT2D eigenvalue weighted by Gasteiger charge is -2.33. The fourth-order valence-electron chi connectivity index (χ4n) is 4.18. The van der Waals surface area contributed by atoms with Gasteiger partial charge in [-0.1, -0.05) is 36.5 Å². The Kier molecular flexibility index (Phi) is 4.43. The molecule has 2 aromatic rings. The van der Waals surface area contributed by atoms with Gasteiger partial charge in [0.1, 0.15) is 10.8 Å². The highest BCUT2D eigenvalue weighted by molar-refractivity contribution is 7.11. The molecule has 0 radical (unpaired) electrons. The van der Waals surface area contributed by atoms with Crippen molar-refractivity contribution in [2.45, 2.75) is 39.0 Å². The van der Waals surface area contributed by atoms with E-state index in [1.165, 1.54) is 11.3 Å². The second kappa shape index (κ2) is 6.46. The molecule has 1 unspecified atom stereocenters. The summed E-state index contributed by atoms with van der Waals surface area (Å²) in [5.74, 6) is 0.769. The summed E-state index contributed by atoms with van der Waals surface area (Å²) in [7, 11) is 0. The molecule has 1 atom stereocenters. The van der Waals surface area contributed by atoms with Crippen LogP contribution in [0.25, 0.3) is 5.57 Å². The van der Waals surface area contributed by atoms with Gasteiger partial charge in [-0.2, -0.15) is 0 Å². The molecule has 0 bridgehead atoms. The number of hydrogen-bond donors (Lipinski definition) is 0. The predicted octanol–water partition coefficient (Wildman–Crippen LogP) is 6.94. The fraction of sp³-hybridized carbons (Fsp3) is 0.350. The van der Waals surface area contributed by atoms with Crippen LogP contribution in [-0.2, 0) is 11.2 Å². The number of thiophene rings is 1. The Morgan fingerprint density at radius 1 is 1.32 bits per heavy atom. The number of hydrogen-bond acceptors (Lipinski definition) is 3. The molecule has 1 aromatic heterocycles. The molecule has 4 rings (SSSR count). The molecule has 0 fully saturated rings. The third kappa shape index (κ3) is 2.83. The molecule has 2 aliphatic carbocycles. The Morgan fingerprint density at radius 2 is 2.16 bits per heavy atom. The van der Waals surface area contributed by atoms with Gasteiger partial charge in [0.15, 0.2) is 10.8 Å². The third-order valence-electron chi connectivity index (χ3n) is 5.21. The van der Waals surface area contributed by atoms with Gasteiger partial charge in [-0.15, -0.1) is 11.3 Å². The quantitative estimate of drug-likeness (QED) is 0.563. The summed E-state index contributed by atoms with van der Waals surface area (Å²) in [6, 6.07) is 5.84. The highest BCUT2D eigenvalue weighted by Crippen LogP contribution is 2.58. The first kappa shape index (κ1) is 17.1. The van der Waals surface area contributed by atoms with Gasteiger partial charge in [0, 0.05) is 17.4 Å². The number of allylic oxidation sites excluding steroid dienone is 2. The fourth-order valence-corrected chi connectivity index (χ4v) is 5.27. The predicted molar refractivity (Wildman–Crippen MR) is 104 cm³/mol. The number of ether oxygens (including phenoxy) is 1. The first-order chi connectivity index (χ1) is 12.0. The van der Waals surface area contributed by atoms with Gasteiger partial charge in [0.2, 0.25) is 0 Å². The maximum absolute atomic E-state index is 12.1. The van der Waals surface area contributed by atoms with Crippen LogP contribution in [0.15, 0.2) is 29.7 Å². The van der Waals surface area contributed by atoms with E-state index >= 15 is 0 Å². The van der Waals surface area contributed by atoms with E-state index in [2.05, 4.69) is 6.92 Å². The standard InChI is InChI=1S/C20H18Cl2O2S/c1-2-6-20-7-5-13(23)10-14(20)17-12(11-20)9-15(18(21)19(17)22)24-16-4-3-8-25-16/h3-4,8-10H,2,5-7,11H2,1H3. The number of carbonyl (C=O) groups is 1. The second-order valence-corrected chi connectivity index (χ2v) is 8.47. The summed E-state index contributed by atoms with van der Waals surface area (Å²) in [6.45, 7) is 2.19. The number of benzene rings is 1. The van der Waals surface area contributed by atoms with Crippen LogP contribution >= 0.6 is 34.5 Å². The zero-order valence-electron chi connectivity index (χ0n) is 13.9. The minimum Gasteiger partial charge on any atom is -0.445 e. The van der Waals surface area contributed by atoms with Gasteiger partial charge in [-0.05, 0) is 60.1 Å². The van der Waals surface area contributed by atoms with Crippen molar-refractivity contribution >= 4 is 45.9 Å². The largest absolute Gasteiger partial charge is 0.445 e. The van der Waals surface area contributed by atoms with Crippen LogP contribution in [0.3, 0.4) is 0 Å². The minimum absolute atomic E-state index is 0.0134. The molecule has 5 heteroatoms. The molecule has 0 N–H and O–H groups in total. The Hall–Kier alpha value is -1.29. The molecule has 0 saturated heterocycles. The molecule has 2 nitrogen and oxygen atoms in total. The highest BCUT2D eigenvalue weighted by Gasteiger charge is 2.45. The summed E-state index contributed by atoms with van der Waals surface area (Å²) < 4.78 is 5.94. The average molecular weight is 393 g/mol. The molecule has 0 saturated carbocycles. The van der Waals surface area contributed by atoms with E-state index in [4.69, 9.17) is 27.9 Å². The van der Waals surface area contributed by atoms with E-state index < -0.39 is 0 Å². The van der Waals surface area contributed by atoms with Crippen LogP contribution in [0.4, 0.5) is 0 Å². The highest BCUT2D eigenvalue weighted by atomic mass is 35.5. The molecule has 0 aliphatic heterocycles. The van der Waals surface area contributed by atoms with Gasteiger partial charge in [0.05, 0.1) is 5.02 Å². The average Bonchev–Trinajstić information content (AvgIpc) is 3.19. The monoisotopic (exact) mass is 392 g/mol. The van der Waals surface area contributed by atoms with Crippen LogP contribution in [0.1, 0.15) is 43.7 Å².